The molecule has 0 spiro atoms. The Bertz CT molecular complexity index is 887. The van der Waals surface area contributed by atoms with Crippen molar-refractivity contribution < 1.29 is 19.1 Å². The number of rotatable bonds is 5. The molecule has 0 bridgehead atoms. The fraction of sp³-hybridized carbons (Fsp3) is 0.263. The Morgan fingerprint density at radius 2 is 2.07 bits per heavy atom. The third-order valence-corrected chi connectivity index (χ3v) is 4.34. The number of amides is 2. The summed E-state index contributed by atoms with van der Waals surface area (Å²) in [7, 11) is 1.52. The zero-order valence-corrected chi connectivity index (χ0v) is 15.9. The summed E-state index contributed by atoms with van der Waals surface area (Å²) in [5.74, 6) is 0.636. The quantitative estimate of drug-likeness (QED) is 0.728. The maximum atomic E-state index is 12.5. The Hall–Kier alpha value is -2.93. The van der Waals surface area contributed by atoms with E-state index in [0.29, 0.717) is 33.6 Å². The second-order valence-electron chi connectivity index (χ2n) is 6.16. The number of hydrogen-bond acceptors (Lipinski definition) is 5. The van der Waals surface area contributed by atoms with Crippen LogP contribution in [0.1, 0.15) is 13.8 Å². The van der Waals surface area contributed by atoms with E-state index in [1.807, 2.05) is 0 Å². The lowest BCUT2D eigenvalue weighted by atomic mass is 10.2. The number of ether oxygens (including phenoxy) is 2. The summed E-state index contributed by atoms with van der Waals surface area (Å²) in [6, 6.07) is 9.70. The minimum absolute atomic E-state index is 0.210. The van der Waals surface area contributed by atoms with Crippen molar-refractivity contribution in [2.75, 3.05) is 23.1 Å². The maximum absolute atomic E-state index is 12.5. The topological polar surface area (TPSA) is 88.7 Å². The number of benzene rings is 2. The minimum Gasteiger partial charge on any atom is -0.495 e. The predicted octanol–water partition coefficient (Wildman–Crippen LogP) is 3.51. The highest BCUT2D eigenvalue weighted by atomic mass is 35.5. The molecule has 0 fully saturated rings. The monoisotopic (exact) mass is 389 g/mol. The molecule has 0 radical (unpaired) electrons. The molecule has 0 saturated carbocycles. The van der Waals surface area contributed by atoms with Crippen molar-refractivity contribution in [2.45, 2.75) is 26.0 Å². The van der Waals surface area contributed by atoms with Gasteiger partial charge in [0.2, 0.25) is 5.91 Å². The van der Waals surface area contributed by atoms with Crippen LogP contribution in [0.4, 0.5) is 17.1 Å². The van der Waals surface area contributed by atoms with Gasteiger partial charge in [0.05, 0.1) is 18.5 Å². The van der Waals surface area contributed by atoms with Gasteiger partial charge in [0.15, 0.2) is 6.10 Å². The van der Waals surface area contributed by atoms with Gasteiger partial charge in [-0.2, -0.15) is 0 Å². The van der Waals surface area contributed by atoms with Crippen molar-refractivity contribution in [1.29, 1.82) is 0 Å². The highest BCUT2D eigenvalue weighted by Gasteiger charge is 2.24. The van der Waals surface area contributed by atoms with Crippen molar-refractivity contribution in [3.05, 3.63) is 41.4 Å². The lowest BCUT2D eigenvalue weighted by Gasteiger charge is -2.24. The first-order valence-corrected chi connectivity index (χ1v) is 8.77. The van der Waals surface area contributed by atoms with E-state index in [9.17, 15) is 9.59 Å². The van der Waals surface area contributed by atoms with E-state index in [1.54, 1.807) is 50.2 Å². The highest BCUT2D eigenvalue weighted by Crippen LogP contribution is 2.32. The molecular weight excluding hydrogens is 370 g/mol. The van der Waals surface area contributed by atoms with Gasteiger partial charge in [-0.3, -0.25) is 9.59 Å². The van der Waals surface area contributed by atoms with Crippen LogP contribution in [-0.4, -0.2) is 31.1 Å². The summed E-state index contributed by atoms with van der Waals surface area (Å²) < 4.78 is 10.8. The van der Waals surface area contributed by atoms with Crippen LogP contribution in [0.15, 0.2) is 36.4 Å². The van der Waals surface area contributed by atoms with Crippen LogP contribution in [0.2, 0.25) is 5.02 Å². The van der Waals surface area contributed by atoms with Gasteiger partial charge < -0.3 is 25.4 Å². The maximum Gasteiger partial charge on any atom is 0.265 e. The van der Waals surface area contributed by atoms with Crippen LogP contribution in [0.5, 0.6) is 11.5 Å². The van der Waals surface area contributed by atoms with E-state index >= 15 is 0 Å². The molecule has 0 aliphatic carbocycles. The Labute approximate surface area is 162 Å². The number of fused-ring (bicyclic) bond motifs is 1. The third kappa shape index (κ3) is 4.25. The number of halogens is 1. The van der Waals surface area contributed by atoms with Crippen LogP contribution in [0, 0.1) is 0 Å². The third-order valence-electron chi connectivity index (χ3n) is 4.11. The van der Waals surface area contributed by atoms with Crippen LogP contribution in [0.3, 0.4) is 0 Å². The van der Waals surface area contributed by atoms with E-state index in [-0.39, 0.29) is 11.8 Å². The Kier molecular flexibility index (Phi) is 5.41. The van der Waals surface area contributed by atoms with Gasteiger partial charge in [0, 0.05) is 10.7 Å². The zero-order valence-electron chi connectivity index (χ0n) is 15.1. The largest absolute Gasteiger partial charge is 0.495 e. The fourth-order valence-electron chi connectivity index (χ4n) is 2.63. The Balaban J connectivity index is 1.69. The van der Waals surface area contributed by atoms with Crippen molar-refractivity contribution in [2.24, 2.45) is 0 Å². The average molecular weight is 390 g/mol. The van der Waals surface area contributed by atoms with Gasteiger partial charge in [-0.15, -0.1) is 0 Å². The molecular formula is C19H20ClN3O4. The SMILES string of the molecule is COc1ccc(Cl)cc1NC(=O)C(C)Nc1ccc2c(c1)NC(=O)C(C)O2. The van der Waals surface area contributed by atoms with Crippen molar-refractivity contribution in [1.82, 2.24) is 0 Å². The van der Waals surface area contributed by atoms with E-state index in [2.05, 4.69) is 16.0 Å². The van der Waals surface area contributed by atoms with Crippen LogP contribution < -0.4 is 25.4 Å². The number of carbonyl (C=O) groups is 2. The van der Waals surface area contributed by atoms with Gasteiger partial charge in [-0.05, 0) is 50.2 Å². The van der Waals surface area contributed by atoms with Crippen LogP contribution in [-0.2, 0) is 9.59 Å². The molecule has 2 unspecified atom stereocenters. The normalized spacial score (nSPS) is 16.4. The molecule has 8 heteroatoms. The molecule has 142 valence electrons. The van der Waals surface area contributed by atoms with Gasteiger partial charge in [-0.1, -0.05) is 11.6 Å². The predicted molar refractivity (Wildman–Crippen MR) is 105 cm³/mol. The summed E-state index contributed by atoms with van der Waals surface area (Å²) in [6.07, 6.45) is -0.534. The standard InChI is InChI=1S/C19H20ClN3O4/c1-10(18(24)22-14-8-12(20)4-6-16(14)26-3)21-13-5-7-17-15(9-13)23-19(25)11(2)27-17/h4-11,21H,1-3H3,(H,22,24)(H,23,25). The van der Waals surface area contributed by atoms with Crippen LogP contribution in [0.25, 0.3) is 0 Å². The van der Waals surface area contributed by atoms with Gasteiger partial charge in [0.1, 0.15) is 17.5 Å². The second kappa shape index (κ2) is 7.75. The molecule has 0 aromatic heterocycles. The average Bonchev–Trinajstić information content (AvgIpc) is 2.63. The molecule has 1 aliphatic rings. The summed E-state index contributed by atoms with van der Waals surface area (Å²) in [5, 5.41) is 9.16. The first kappa shape index (κ1) is 18.8. The fourth-order valence-corrected chi connectivity index (χ4v) is 2.81. The van der Waals surface area contributed by atoms with Gasteiger partial charge >= 0.3 is 0 Å². The number of carbonyl (C=O) groups excluding carboxylic acids is 2. The lowest BCUT2D eigenvalue weighted by molar-refractivity contribution is -0.122. The number of anilines is 3. The van der Waals surface area contributed by atoms with Gasteiger partial charge in [0.25, 0.3) is 5.91 Å². The molecule has 27 heavy (non-hydrogen) atoms. The second-order valence-corrected chi connectivity index (χ2v) is 6.60. The molecule has 2 atom stereocenters. The number of nitrogens with one attached hydrogen (secondary N) is 3. The van der Waals surface area contributed by atoms with Gasteiger partial charge in [-0.25, -0.2) is 0 Å². The minimum atomic E-state index is -0.550. The first-order valence-electron chi connectivity index (χ1n) is 8.40. The van der Waals surface area contributed by atoms with E-state index in [0.717, 1.165) is 0 Å². The molecule has 0 saturated heterocycles. The smallest absolute Gasteiger partial charge is 0.265 e. The molecule has 3 N–H and O–H groups in total. The molecule has 2 aromatic rings. The molecule has 1 aliphatic heterocycles. The highest BCUT2D eigenvalue weighted by molar-refractivity contribution is 6.31. The summed E-state index contributed by atoms with van der Waals surface area (Å²) in [5.41, 5.74) is 1.73. The van der Waals surface area contributed by atoms with E-state index < -0.39 is 12.1 Å². The lowest BCUT2D eigenvalue weighted by Crippen LogP contribution is -2.34. The molecule has 2 amide bonds. The molecule has 3 rings (SSSR count). The Morgan fingerprint density at radius 3 is 2.81 bits per heavy atom. The molecule has 2 aromatic carbocycles. The summed E-state index contributed by atoms with van der Waals surface area (Å²) in [6.45, 7) is 3.41. The molecule has 1 heterocycles. The van der Waals surface area contributed by atoms with E-state index in [4.69, 9.17) is 21.1 Å². The summed E-state index contributed by atoms with van der Waals surface area (Å²) >= 11 is 5.99. The van der Waals surface area contributed by atoms with Crippen molar-refractivity contribution in [3.63, 3.8) is 0 Å². The van der Waals surface area contributed by atoms with E-state index in [1.165, 1.54) is 7.11 Å². The van der Waals surface area contributed by atoms with Crippen molar-refractivity contribution >= 4 is 40.5 Å². The first-order chi connectivity index (χ1) is 12.9. The molecule has 7 nitrogen and oxygen atoms in total. The van der Waals surface area contributed by atoms with Crippen molar-refractivity contribution in [3.8, 4) is 11.5 Å². The number of hydrogen-bond donors (Lipinski definition) is 3. The zero-order chi connectivity index (χ0) is 19.6. The summed E-state index contributed by atoms with van der Waals surface area (Å²) in [4.78, 5) is 24.3. The number of methoxy groups -OCH3 is 1. The Morgan fingerprint density at radius 1 is 1.30 bits per heavy atom. The van der Waals surface area contributed by atoms with Crippen LogP contribution >= 0.6 is 11.6 Å².